The molecule has 0 atom stereocenters. The van der Waals surface area contributed by atoms with Gasteiger partial charge in [0, 0.05) is 13.2 Å². The molecule has 1 aromatic heterocycles. The number of halogens is 1. The normalized spacial score (nSPS) is 16.3. The Morgan fingerprint density at radius 3 is 2.56 bits per heavy atom. The van der Waals surface area contributed by atoms with E-state index in [0.29, 0.717) is 0 Å². The molecule has 0 bridgehead atoms. The van der Waals surface area contributed by atoms with Crippen LogP contribution in [0.2, 0.25) is 0 Å². The Labute approximate surface area is 120 Å². The van der Waals surface area contributed by atoms with Crippen LogP contribution < -0.4 is 5.32 Å². The minimum atomic E-state index is 0.0528. The van der Waals surface area contributed by atoms with Crippen LogP contribution in [0, 0.1) is 3.57 Å². The van der Waals surface area contributed by atoms with Gasteiger partial charge in [0.25, 0.3) is 0 Å². The number of anilines is 1. The summed E-state index contributed by atoms with van der Waals surface area (Å²) in [5, 5.41) is 3.13. The van der Waals surface area contributed by atoms with Crippen molar-refractivity contribution in [1.82, 2.24) is 9.97 Å². The van der Waals surface area contributed by atoms with E-state index >= 15 is 0 Å². The van der Waals surface area contributed by atoms with E-state index < -0.39 is 0 Å². The Morgan fingerprint density at radius 2 is 1.94 bits per heavy atom. The lowest BCUT2D eigenvalue weighted by molar-refractivity contribution is 0.754. The van der Waals surface area contributed by atoms with E-state index in [1.165, 1.54) is 5.56 Å². The number of rotatable bonds is 3. The molecular weight excluding hydrogens is 337 g/mol. The first-order valence-electron chi connectivity index (χ1n) is 6.02. The van der Waals surface area contributed by atoms with Crippen LogP contribution in [0.3, 0.4) is 0 Å². The lowest BCUT2D eigenvalue weighted by Gasteiger charge is -2.15. The van der Waals surface area contributed by atoms with E-state index in [1.54, 1.807) is 0 Å². The van der Waals surface area contributed by atoms with Gasteiger partial charge < -0.3 is 5.32 Å². The molecule has 3 rings (SSSR count). The Kier molecular flexibility index (Phi) is 2.97. The van der Waals surface area contributed by atoms with Crippen LogP contribution >= 0.6 is 22.6 Å². The van der Waals surface area contributed by atoms with Gasteiger partial charge in [-0.1, -0.05) is 30.3 Å². The van der Waals surface area contributed by atoms with Crippen molar-refractivity contribution in [3.63, 3.8) is 0 Å². The minimum absolute atomic E-state index is 0.0528. The lowest BCUT2D eigenvalue weighted by atomic mass is 9.95. The van der Waals surface area contributed by atoms with Gasteiger partial charge in [0.05, 0.1) is 8.99 Å². The molecular formula is C14H14IN3. The van der Waals surface area contributed by atoms with Crippen molar-refractivity contribution in [2.75, 3.05) is 12.4 Å². The number of nitrogens with one attached hydrogen (secondary N) is 1. The van der Waals surface area contributed by atoms with Crippen LogP contribution in [0.5, 0.6) is 0 Å². The highest BCUT2D eigenvalue weighted by Crippen LogP contribution is 2.52. The predicted molar refractivity (Wildman–Crippen MR) is 80.8 cm³/mol. The first-order valence-corrected chi connectivity index (χ1v) is 7.10. The van der Waals surface area contributed by atoms with Gasteiger partial charge in [-0.15, -0.1) is 0 Å². The van der Waals surface area contributed by atoms with Crippen LogP contribution in [0.4, 0.5) is 5.82 Å². The maximum absolute atomic E-state index is 4.67. The van der Waals surface area contributed by atoms with Crippen LogP contribution in [0.1, 0.15) is 24.2 Å². The first kappa shape index (κ1) is 11.9. The van der Waals surface area contributed by atoms with Crippen molar-refractivity contribution in [2.24, 2.45) is 0 Å². The summed E-state index contributed by atoms with van der Waals surface area (Å²) < 4.78 is 1.06. The Balaban J connectivity index is 2.05. The van der Waals surface area contributed by atoms with Crippen LogP contribution in [-0.2, 0) is 5.41 Å². The van der Waals surface area contributed by atoms with E-state index in [4.69, 9.17) is 0 Å². The quantitative estimate of drug-likeness (QED) is 0.863. The summed E-state index contributed by atoms with van der Waals surface area (Å²) in [6.45, 7) is 0. The van der Waals surface area contributed by atoms with Crippen LogP contribution in [0.15, 0.2) is 36.5 Å². The van der Waals surface area contributed by atoms with Gasteiger partial charge in [-0.25, -0.2) is 9.97 Å². The summed E-state index contributed by atoms with van der Waals surface area (Å²) in [7, 11) is 1.90. The second kappa shape index (κ2) is 4.50. The molecule has 0 aliphatic heterocycles. The average Bonchev–Trinajstić information content (AvgIpc) is 3.22. The largest absolute Gasteiger partial charge is 0.372 e. The number of hydrogen-bond acceptors (Lipinski definition) is 3. The number of nitrogens with zero attached hydrogens (tertiary/aromatic N) is 2. The molecule has 1 heterocycles. The molecule has 92 valence electrons. The molecule has 1 aliphatic rings. The highest BCUT2D eigenvalue weighted by atomic mass is 127. The van der Waals surface area contributed by atoms with E-state index in [0.717, 1.165) is 28.1 Å². The highest BCUT2D eigenvalue weighted by molar-refractivity contribution is 14.1. The molecule has 0 unspecified atom stereocenters. The molecule has 1 aromatic carbocycles. The molecule has 1 saturated carbocycles. The Morgan fingerprint density at radius 1 is 1.22 bits per heavy atom. The summed E-state index contributed by atoms with van der Waals surface area (Å²) in [4.78, 5) is 9.21. The van der Waals surface area contributed by atoms with Crippen molar-refractivity contribution in [3.05, 3.63) is 51.5 Å². The SMILES string of the molecule is CNc1nc(C2(c3ccccc3)CC2)ncc1I. The molecule has 0 radical (unpaired) electrons. The maximum atomic E-state index is 4.67. The average molecular weight is 351 g/mol. The lowest BCUT2D eigenvalue weighted by Crippen LogP contribution is -2.14. The zero-order valence-corrected chi connectivity index (χ0v) is 12.3. The van der Waals surface area contributed by atoms with Gasteiger partial charge in [-0.05, 0) is 41.0 Å². The van der Waals surface area contributed by atoms with Gasteiger partial charge in [-0.2, -0.15) is 0 Å². The molecule has 1 N–H and O–H groups in total. The molecule has 1 aliphatic carbocycles. The van der Waals surface area contributed by atoms with Gasteiger partial charge in [-0.3, -0.25) is 0 Å². The summed E-state index contributed by atoms with van der Waals surface area (Å²) in [5.41, 5.74) is 1.38. The van der Waals surface area contributed by atoms with Gasteiger partial charge in [0.15, 0.2) is 0 Å². The second-order valence-electron chi connectivity index (χ2n) is 4.59. The zero-order chi connectivity index (χ0) is 12.6. The molecule has 2 aromatic rings. The second-order valence-corrected chi connectivity index (χ2v) is 5.75. The van der Waals surface area contributed by atoms with Crippen molar-refractivity contribution >= 4 is 28.4 Å². The molecule has 3 nitrogen and oxygen atoms in total. The Hall–Kier alpha value is -1.17. The summed E-state index contributed by atoms with van der Waals surface area (Å²) >= 11 is 2.25. The third-order valence-corrected chi connectivity index (χ3v) is 4.27. The van der Waals surface area contributed by atoms with E-state index in [-0.39, 0.29) is 5.41 Å². The standard InChI is InChI=1S/C14H14IN3/c1-16-12-11(15)9-17-13(18-12)14(7-8-14)10-5-3-2-4-6-10/h2-6,9H,7-8H2,1H3,(H,16,17,18). The summed E-state index contributed by atoms with van der Waals surface area (Å²) in [6.07, 6.45) is 4.18. The fourth-order valence-electron chi connectivity index (χ4n) is 2.30. The van der Waals surface area contributed by atoms with Crippen LogP contribution in [0.25, 0.3) is 0 Å². The zero-order valence-electron chi connectivity index (χ0n) is 10.2. The van der Waals surface area contributed by atoms with Gasteiger partial charge >= 0.3 is 0 Å². The molecule has 0 amide bonds. The van der Waals surface area contributed by atoms with Gasteiger partial charge in [0.2, 0.25) is 0 Å². The fraction of sp³-hybridized carbons (Fsp3) is 0.286. The van der Waals surface area contributed by atoms with E-state index in [2.05, 4.69) is 62.1 Å². The number of hydrogen-bond donors (Lipinski definition) is 1. The predicted octanol–water partition coefficient (Wildman–Crippen LogP) is 3.20. The van der Waals surface area contributed by atoms with E-state index in [9.17, 15) is 0 Å². The van der Waals surface area contributed by atoms with Crippen molar-refractivity contribution in [2.45, 2.75) is 18.3 Å². The molecule has 1 fully saturated rings. The van der Waals surface area contributed by atoms with Crippen molar-refractivity contribution in [3.8, 4) is 0 Å². The summed E-state index contributed by atoms with van der Waals surface area (Å²) in [5.74, 6) is 1.86. The third kappa shape index (κ3) is 1.88. The van der Waals surface area contributed by atoms with Crippen molar-refractivity contribution in [1.29, 1.82) is 0 Å². The fourth-order valence-corrected chi connectivity index (χ4v) is 2.83. The molecule has 18 heavy (non-hydrogen) atoms. The molecule has 0 saturated heterocycles. The third-order valence-electron chi connectivity index (χ3n) is 3.49. The smallest absolute Gasteiger partial charge is 0.142 e. The van der Waals surface area contributed by atoms with Gasteiger partial charge in [0.1, 0.15) is 11.6 Å². The molecule has 0 spiro atoms. The van der Waals surface area contributed by atoms with E-state index in [1.807, 2.05) is 19.3 Å². The summed E-state index contributed by atoms with van der Waals surface area (Å²) in [6, 6.07) is 10.6. The maximum Gasteiger partial charge on any atom is 0.142 e. The topological polar surface area (TPSA) is 37.8 Å². The van der Waals surface area contributed by atoms with Crippen LogP contribution in [-0.4, -0.2) is 17.0 Å². The Bertz CT molecular complexity index is 565. The minimum Gasteiger partial charge on any atom is -0.372 e. The highest BCUT2D eigenvalue weighted by Gasteiger charge is 2.48. The molecule has 4 heteroatoms. The number of aromatic nitrogens is 2. The monoisotopic (exact) mass is 351 g/mol. The van der Waals surface area contributed by atoms with Crippen molar-refractivity contribution < 1.29 is 0 Å². The number of benzene rings is 1. The first-order chi connectivity index (χ1) is 8.76.